The first-order valence-electron chi connectivity index (χ1n) is 7.82. The molecular weight excluding hydrogens is 326 g/mol. The van der Waals surface area contributed by atoms with Crippen LogP contribution in [-0.4, -0.2) is 30.9 Å². The van der Waals surface area contributed by atoms with Crippen LogP contribution in [0.5, 0.6) is 0 Å². The van der Waals surface area contributed by atoms with Crippen molar-refractivity contribution in [1.29, 1.82) is 0 Å². The van der Waals surface area contributed by atoms with Gasteiger partial charge in [-0.2, -0.15) is 5.10 Å². The predicted octanol–water partition coefficient (Wildman–Crippen LogP) is 3.53. The van der Waals surface area contributed by atoms with E-state index in [1.165, 1.54) is 0 Å². The van der Waals surface area contributed by atoms with E-state index in [4.69, 9.17) is 16.0 Å². The molecule has 0 aliphatic carbocycles. The molecule has 2 aromatic heterocycles. The van der Waals surface area contributed by atoms with Crippen LogP contribution in [0.15, 0.2) is 41.1 Å². The summed E-state index contributed by atoms with van der Waals surface area (Å²) in [6.07, 6.45) is 3.89. The maximum absolute atomic E-state index is 6.19. The number of benzene rings is 1. The molecule has 0 aliphatic rings. The van der Waals surface area contributed by atoms with Gasteiger partial charge in [-0.3, -0.25) is 9.58 Å². The van der Waals surface area contributed by atoms with E-state index in [1.54, 1.807) is 4.68 Å². The highest BCUT2D eigenvalue weighted by Crippen LogP contribution is 2.26. The molecule has 0 unspecified atom stereocenters. The van der Waals surface area contributed by atoms with Gasteiger partial charge in [0.1, 0.15) is 0 Å². The summed E-state index contributed by atoms with van der Waals surface area (Å²) in [5.41, 5.74) is 1.90. The third kappa shape index (κ3) is 3.83. The molecule has 0 fully saturated rings. The topological polar surface area (TPSA) is 60.0 Å². The highest BCUT2D eigenvalue weighted by atomic mass is 35.5. The summed E-state index contributed by atoms with van der Waals surface area (Å²) in [7, 11) is 1.91. The first kappa shape index (κ1) is 16.7. The fourth-order valence-corrected chi connectivity index (χ4v) is 2.66. The molecule has 0 saturated carbocycles. The fraction of sp³-hybridized carbons (Fsp3) is 0.353. The summed E-state index contributed by atoms with van der Waals surface area (Å²) < 4.78 is 7.61. The second kappa shape index (κ2) is 7.15. The molecule has 1 aromatic carbocycles. The van der Waals surface area contributed by atoms with E-state index < -0.39 is 0 Å². The zero-order valence-electron chi connectivity index (χ0n) is 14.0. The lowest BCUT2D eigenvalue weighted by atomic mass is 10.2. The second-order valence-electron chi connectivity index (χ2n) is 6.00. The first-order valence-corrected chi connectivity index (χ1v) is 8.19. The van der Waals surface area contributed by atoms with E-state index in [0.29, 0.717) is 29.4 Å². The van der Waals surface area contributed by atoms with Gasteiger partial charge in [-0.25, -0.2) is 0 Å². The molecule has 0 atom stereocenters. The molecule has 0 amide bonds. The Morgan fingerprint density at radius 2 is 2.00 bits per heavy atom. The Morgan fingerprint density at radius 1 is 1.21 bits per heavy atom. The highest BCUT2D eigenvalue weighted by molar-refractivity contribution is 6.33. The van der Waals surface area contributed by atoms with Crippen molar-refractivity contribution in [3.05, 3.63) is 53.1 Å². The van der Waals surface area contributed by atoms with Gasteiger partial charge < -0.3 is 4.42 Å². The van der Waals surface area contributed by atoms with E-state index in [9.17, 15) is 0 Å². The summed E-state index contributed by atoms with van der Waals surface area (Å²) >= 11 is 6.19. The SMILES string of the molecule is CC(C)N(Cc1cnn(C)c1)Cc1nnc(-c2ccccc2Cl)o1. The van der Waals surface area contributed by atoms with Crippen LogP contribution in [0.25, 0.3) is 11.5 Å². The quantitative estimate of drug-likeness (QED) is 0.684. The fourth-order valence-electron chi connectivity index (χ4n) is 2.44. The number of aryl methyl sites for hydroxylation is 1. The van der Waals surface area contributed by atoms with Crippen molar-refractivity contribution in [3.63, 3.8) is 0 Å². The van der Waals surface area contributed by atoms with Crippen molar-refractivity contribution >= 4 is 11.6 Å². The van der Waals surface area contributed by atoms with Crippen LogP contribution >= 0.6 is 11.6 Å². The maximum atomic E-state index is 6.19. The van der Waals surface area contributed by atoms with E-state index in [-0.39, 0.29) is 0 Å². The Balaban J connectivity index is 1.75. The Hall–Kier alpha value is -2.18. The molecule has 0 N–H and O–H groups in total. The molecule has 0 spiro atoms. The van der Waals surface area contributed by atoms with Crippen molar-refractivity contribution < 1.29 is 4.42 Å². The van der Waals surface area contributed by atoms with Crippen LogP contribution in [0.1, 0.15) is 25.3 Å². The zero-order chi connectivity index (χ0) is 17.1. The predicted molar refractivity (Wildman–Crippen MR) is 92.3 cm³/mol. The smallest absolute Gasteiger partial charge is 0.249 e. The number of aromatic nitrogens is 4. The normalized spacial score (nSPS) is 11.6. The van der Waals surface area contributed by atoms with Crippen molar-refractivity contribution in [1.82, 2.24) is 24.9 Å². The van der Waals surface area contributed by atoms with E-state index >= 15 is 0 Å². The van der Waals surface area contributed by atoms with Gasteiger partial charge in [0.2, 0.25) is 11.8 Å². The minimum Gasteiger partial charge on any atom is -0.419 e. The van der Waals surface area contributed by atoms with Crippen molar-refractivity contribution in [2.24, 2.45) is 7.05 Å². The Bertz CT molecular complexity index is 811. The number of hydrogen-bond acceptors (Lipinski definition) is 5. The van der Waals surface area contributed by atoms with Crippen LogP contribution < -0.4 is 0 Å². The minimum absolute atomic E-state index is 0.334. The lowest BCUT2D eigenvalue weighted by molar-refractivity contribution is 0.184. The third-order valence-corrected chi connectivity index (χ3v) is 4.11. The van der Waals surface area contributed by atoms with Crippen molar-refractivity contribution in [2.45, 2.75) is 33.0 Å². The molecule has 6 nitrogen and oxygen atoms in total. The third-order valence-electron chi connectivity index (χ3n) is 3.78. The Morgan fingerprint density at radius 3 is 2.67 bits per heavy atom. The maximum Gasteiger partial charge on any atom is 0.249 e. The lowest BCUT2D eigenvalue weighted by Crippen LogP contribution is -2.29. The average molecular weight is 346 g/mol. The number of halogens is 1. The molecule has 0 bridgehead atoms. The van der Waals surface area contributed by atoms with Gasteiger partial charge in [0.15, 0.2) is 0 Å². The molecule has 126 valence electrons. The molecule has 7 heteroatoms. The van der Waals surface area contributed by atoms with E-state index in [2.05, 4.69) is 34.0 Å². The molecule has 24 heavy (non-hydrogen) atoms. The Kier molecular flexibility index (Phi) is 4.97. The molecule has 2 heterocycles. The zero-order valence-corrected chi connectivity index (χ0v) is 14.7. The summed E-state index contributed by atoms with van der Waals surface area (Å²) in [5, 5.41) is 13.1. The van der Waals surface area contributed by atoms with Gasteiger partial charge in [-0.1, -0.05) is 23.7 Å². The summed E-state index contributed by atoms with van der Waals surface area (Å²) in [4.78, 5) is 2.25. The molecule has 0 aliphatic heterocycles. The van der Waals surface area contributed by atoms with Crippen LogP contribution in [0.2, 0.25) is 5.02 Å². The monoisotopic (exact) mass is 345 g/mol. The van der Waals surface area contributed by atoms with Gasteiger partial charge in [0.05, 0.1) is 23.3 Å². The molecule has 0 saturated heterocycles. The van der Waals surface area contributed by atoms with Crippen LogP contribution in [0, 0.1) is 0 Å². The van der Waals surface area contributed by atoms with Gasteiger partial charge >= 0.3 is 0 Å². The number of nitrogens with zero attached hydrogens (tertiary/aromatic N) is 5. The van der Waals surface area contributed by atoms with Gasteiger partial charge in [-0.15, -0.1) is 10.2 Å². The summed E-state index contributed by atoms with van der Waals surface area (Å²) in [6, 6.07) is 7.78. The number of hydrogen-bond donors (Lipinski definition) is 0. The summed E-state index contributed by atoms with van der Waals surface area (Å²) in [5.74, 6) is 1.02. The molecule has 3 aromatic rings. The molecular formula is C17H20ClN5O. The standard InChI is InChI=1S/C17H20ClN5O/c1-12(2)23(10-13-8-19-22(3)9-13)11-16-20-21-17(24-16)14-6-4-5-7-15(14)18/h4-9,12H,10-11H2,1-3H3. The number of rotatable bonds is 6. The molecule has 3 rings (SSSR count). The van der Waals surface area contributed by atoms with Crippen molar-refractivity contribution in [3.8, 4) is 11.5 Å². The lowest BCUT2D eigenvalue weighted by Gasteiger charge is -2.24. The van der Waals surface area contributed by atoms with Crippen LogP contribution in [0.3, 0.4) is 0 Å². The van der Waals surface area contributed by atoms with Gasteiger partial charge in [-0.05, 0) is 26.0 Å². The minimum atomic E-state index is 0.334. The van der Waals surface area contributed by atoms with E-state index in [0.717, 1.165) is 17.7 Å². The summed E-state index contributed by atoms with van der Waals surface area (Å²) in [6.45, 7) is 5.63. The van der Waals surface area contributed by atoms with Gasteiger partial charge in [0.25, 0.3) is 0 Å². The average Bonchev–Trinajstić information content (AvgIpc) is 3.16. The van der Waals surface area contributed by atoms with Crippen molar-refractivity contribution in [2.75, 3.05) is 0 Å². The van der Waals surface area contributed by atoms with Crippen LogP contribution in [0.4, 0.5) is 0 Å². The van der Waals surface area contributed by atoms with Gasteiger partial charge in [0, 0.05) is 31.4 Å². The highest BCUT2D eigenvalue weighted by Gasteiger charge is 2.17. The largest absolute Gasteiger partial charge is 0.419 e. The second-order valence-corrected chi connectivity index (χ2v) is 6.41. The Labute approximate surface area is 146 Å². The first-order chi connectivity index (χ1) is 11.5. The van der Waals surface area contributed by atoms with E-state index in [1.807, 2.05) is 43.7 Å². The van der Waals surface area contributed by atoms with Crippen LogP contribution in [-0.2, 0) is 20.1 Å². The molecule has 0 radical (unpaired) electrons.